The third-order valence-electron chi connectivity index (χ3n) is 1.83. The number of Topliss-reactive ketones (excluding diaryl/α,β-unsaturated/α-hetero) is 1. The van der Waals surface area contributed by atoms with Crippen LogP contribution >= 0.6 is 11.6 Å². The van der Waals surface area contributed by atoms with Crippen LogP contribution in [0.25, 0.3) is 0 Å². The predicted octanol–water partition coefficient (Wildman–Crippen LogP) is 2.06. The number of hydrogen-bond acceptors (Lipinski definition) is 3. The lowest BCUT2D eigenvalue weighted by molar-refractivity contribution is -0.118. The molecule has 0 saturated heterocycles. The Bertz CT molecular complexity index is 349. The molecular weight excluding hydrogens is 204 g/mol. The molecule has 1 unspecified atom stereocenters. The van der Waals surface area contributed by atoms with Crippen LogP contribution in [0.3, 0.4) is 0 Å². The van der Waals surface area contributed by atoms with E-state index in [0.29, 0.717) is 5.02 Å². The molecule has 0 saturated carbocycles. The van der Waals surface area contributed by atoms with Crippen LogP contribution in [-0.2, 0) is 4.79 Å². The maximum absolute atomic E-state index is 10.7. The van der Waals surface area contributed by atoms with Crippen molar-refractivity contribution >= 4 is 17.4 Å². The Kier molecular flexibility index (Phi) is 3.49. The third-order valence-corrected chi connectivity index (χ3v) is 2.06. The van der Waals surface area contributed by atoms with Crippen LogP contribution in [0.15, 0.2) is 18.2 Å². The molecule has 0 aliphatic carbocycles. The van der Waals surface area contributed by atoms with Gasteiger partial charge in [-0.15, -0.1) is 0 Å². The number of aliphatic hydroxyl groups is 1. The van der Waals surface area contributed by atoms with Crippen molar-refractivity contribution in [2.45, 2.75) is 19.4 Å². The number of aliphatic hydroxyl groups excluding tert-OH is 1. The molecule has 0 aliphatic rings. The van der Waals surface area contributed by atoms with Crippen LogP contribution in [0.1, 0.15) is 25.0 Å². The van der Waals surface area contributed by atoms with Gasteiger partial charge in [0.05, 0.1) is 6.10 Å². The average molecular weight is 215 g/mol. The standard InChI is InChI=1S/C10H11ClO3/c1-6(12)4-10(14)8-5-7(11)2-3-9(8)13/h2-3,5,10,13-14H,4H2,1H3. The van der Waals surface area contributed by atoms with Gasteiger partial charge in [-0.1, -0.05) is 11.6 Å². The fourth-order valence-corrected chi connectivity index (χ4v) is 1.36. The minimum atomic E-state index is -0.994. The normalized spacial score (nSPS) is 12.5. The first kappa shape index (κ1) is 11.0. The number of benzene rings is 1. The molecule has 1 rings (SSSR count). The summed E-state index contributed by atoms with van der Waals surface area (Å²) in [5.41, 5.74) is 0.285. The van der Waals surface area contributed by atoms with E-state index in [4.69, 9.17) is 11.6 Å². The van der Waals surface area contributed by atoms with Gasteiger partial charge >= 0.3 is 0 Å². The van der Waals surface area contributed by atoms with Crippen LogP contribution in [0.2, 0.25) is 5.02 Å². The van der Waals surface area contributed by atoms with E-state index in [1.54, 1.807) is 0 Å². The fraction of sp³-hybridized carbons (Fsp3) is 0.300. The van der Waals surface area contributed by atoms with Gasteiger partial charge in [0.15, 0.2) is 0 Å². The van der Waals surface area contributed by atoms with E-state index in [0.717, 1.165) is 0 Å². The van der Waals surface area contributed by atoms with Gasteiger partial charge < -0.3 is 10.2 Å². The Hall–Kier alpha value is -1.06. The Morgan fingerprint density at radius 3 is 2.79 bits per heavy atom. The van der Waals surface area contributed by atoms with E-state index in [9.17, 15) is 15.0 Å². The highest BCUT2D eigenvalue weighted by Crippen LogP contribution is 2.29. The summed E-state index contributed by atoms with van der Waals surface area (Å²) in [4.78, 5) is 10.7. The largest absolute Gasteiger partial charge is 0.508 e. The molecule has 0 aliphatic heterocycles. The topological polar surface area (TPSA) is 57.5 Å². The number of rotatable bonds is 3. The maximum Gasteiger partial charge on any atom is 0.132 e. The van der Waals surface area contributed by atoms with E-state index in [1.807, 2.05) is 0 Å². The molecule has 1 aromatic rings. The van der Waals surface area contributed by atoms with Crippen LogP contribution in [0, 0.1) is 0 Å². The van der Waals surface area contributed by atoms with Crippen molar-refractivity contribution in [3.8, 4) is 5.75 Å². The van der Waals surface area contributed by atoms with Gasteiger partial charge in [-0.05, 0) is 25.1 Å². The van der Waals surface area contributed by atoms with E-state index in [-0.39, 0.29) is 23.5 Å². The van der Waals surface area contributed by atoms with Gasteiger partial charge in [0.1, 0.15) is 11.5 Å². The zero-order valence-electron chi connectivity index (χ0n) is 7.70. The quantitative estimate of drug-likeness (QED) is 0.810. The van der Waals surface area contributed by atoms with Crippen molar-refractivity contribution < 1.29 is 15.0 Å². The number of aromatic hydroxyl groups is 1. The van der Waals surface area contributed by atoms with Crippen molar-refractivity contribution in [2.24, 2.45) is 0 Å². The van der Waals surface area contributed by atoms with Gasteiger partial charge in [0.25, 0.3) is 0 Å². The molecule has 76 valence electrons. The van der Waals surface area contributed by atoms with Crippen molar-refractivity contribution in [1.29, 1.82) is 0 Å². The Morgan fingerprint density at radius 2 is 2.21 bits per heavy atom. The highest BCUT2D eigenvalue weighted by atomic mass is 35.5. The molecule has 2 N–H and O–H groups in total. The summed E-state index contributed by atoms with van der Waals surface area (Å²) >= 11 is 5.69. The molecule has 1 aromatic carbocycles. The number of carbonyl (C=O) groups excluding carboxylic acids is 1. The van der Waals surface area contributed by atoms with Crippen LogP contribution in [-0.4, -0.2) is 16.0 Å². The minimum Gasteiger partial charge on any atom is -0.508 e. The second-order valence-corrected chi connectivity index (χ2v) is 3.56. The molecule has 14 heavy (non-hydrogen) atoms. The summed E-state index contributed by atoms with van der Waals surface area (Å²) in [6.45, 7) is 1.38. The molecular formula is C10H11ClO3. The molecule has 0 heterocycles. The number of phenolic OH excluding ortho intramolecular Hbond substituents is 1. The van der Waals surface area contributed by atoms with E-state index in [1.165, 1.54) is 25.1 Å². The van der Waals surface area contributed by atoms with E-state index < -0.39 is 6.10 Å². The second-order valence-electron chi connectivity index (χ2n) is 3.13. The summed E-state index contributed by atoms with van der Waals surface area (Å²) in [6, 6.07) is 4.35. The van der Waals surface area contributed by atoms with Crippen LogP contribution < -0.4 is 0 Å². The predicted molar refractivity (Wildman–Crippen MR) is 53.4 cm³/mol. The fourth-order valence-electron chi connectivity index (χ4n) is 1.17. The Morgan fingerprint density at radius 1 is 1.57 bits per heavy atom. The molecule has 0 amide bonds. The first-order valence-corrected chi connectivity index (χ1v) is 4.54. The molecule has 0 aromatic heterocycles. The highest BCUT2D eigenvalue weighted by Gasteiger charge is 2.14. The molecule has 0 radical (unpaired) electrons. The number of ketones is 1. The molecule has 0 fully saturated rings. The van der Waals surface area contributed by atoms with Crippen LogP contribution in [0.5, 0.6) is 5.75 Å². The first-order valence-electron chi connectivity index (χ1n) is 4.16. The van der Waals surface area contributed by atoms with Gasteiger partial charge in [-0.25, -0.2) is 0 Å². The summed E-state index contributed by atoms with van der Waals surface area (Å²) in [7, 11) is 0. The van der Waals surface area contributed by atoms with Gasteiger partial charge in [0.2, 0.25) is 0 Å². The molecule has 0 spiro atoms. The van der Waals surface area contributed by atoms with Gasteiger partial charge in [0, 0.05) is 17.0 Å². The van der Waals surface area contributed by atoms with E-state index >= 15 is 0 Å². The van der Waals surface area contributed by atoms with Crippen molar-refractivity contribution in [3.05, 3.63) is 28.8 Å². The van der Waals surface area contributed by atoms with Crippen molar-refractivity contribution in [3.63, 3.8) is 0 Å². The highest BCUT2D eigenvalue weighted by molar-refractivity contribution is 6.30. The number of carbonyl (C=O) groups is 1. The molecule has 0 bridgehead atoms. The lowest BCUT2D eigenvalue weighted by Crippen LogP contribution is -2.03. The first-order chi connectivity index (χ1) is 6.50. The lowest BCUT2D eigenvalue weighted by atomic mass is 10.0. The average Bonchev–Trinajstić information content (AvgIpc) is 2.08. The van der Waals surface area contributed by atoms with Gasteiger partial charge in [-0.3, -0.25) is 4.79 Å². The second kappa shape index (κ2) is 4.44. The monoisotopic (exact) mass is 214 g/mol. The van der Waals surface area contributed by atoms with Gasteiger partial charge in [-0.2, -0.15) is 0 Å². The summed E-state index contributed by atoms with van der Waals surface area (Å²) in [5, 5.41) is 19.4. The van der Waals surface area contributed by atoms with Crippen molar-refractivity contribution in [1.82, 2.24) is 0 Å². The third kappa shape index (κ3) is 2.72. The summed E-state index contributed by atoms with van der Waals surface area (Å²) in [6.07, 6.45) is -1.01. The number of phenols is 1. The Balaban J connectivity index is 2.93. The number of hydrogen-bond donors (Lipinski definition) is 2. The van der Waals surface area contributed by atoms with Crippen LogP contribution in [0.4, 0.5) is 0 Å². The maximum atomic E-state index is 10.7. The Labute approximate surface area is 86.9 Å². The van der Waals surface area contributed by atoms with E-state index in [2.05, 4.69) is 0 Å². The zero-order valence-corrected chi connectivity index (χ0v) is 8.45. The van der Waals surface area contributed by atoms with Crippen molar-refractivity contribution in [2.75, 3.05) is 0 Å². The lowest BCUT2D eigenvalue weighted by Gasteiger charge is -2.10. The molecule has 1 atom stereocenters. The number of halogens is 1. The minimum absolute atomic E-state index is 0.0199. The SMILES string of the molecule is CC(=O)CC(O)c1cc(Cl)ccc1O. The smallest absolute Gasteiger partial charge is 0.132 e. The summed E-state index contributed by atoms with van der Waals surface area (Å²) in [5.74, 6) is -0.194. The zero-order chi connectivity index (χ0) is 10.7. The molecule has 3 nitrogen and oxygen atoms in total. The summed E-state index contributed by atoms with van der Waals surface area (Å²) < 4.78 is 0. The molecule has 4 heteroatoms.